The van der Waals surface area contributed by atoms with Gasteiger partial charge in [0, 0.05) is 28.4 Å². The molecule has 2 aromatic rings. The predicted molar refractivity (Wildman–Crippen MR) is 162 cm³/mol. The van der Waals surface area contributed by atoms with E-state index in [9.17, 15) is 9.59 Å². The van der Waals surface area contributed by atoms with Crippen molar-refractivity contribution < 1.29 is 19.1 Å². The van der Waals surface area contributed by atoms with Crippen LogP contribution in [0.1, 0.15) is 43.2 Å². The Balaban J connectivity index is 0. The fourth-order valence-electron chi connectivity index (χ4n) is 2.61. The number of carbonyl (C=O) groups is 2. The lowest BCUT2D eigenvalue weighted by molar-refractivity contribution is -0.142. The van der Waals surface area contributed by atoms with E-state index in [4.69, 9.17) is 18.6 Å². The van der Waals surface area contributed by atoms with Gasteiger partial charge in [-0.05, 0) is 19.3 Å². The summed E-state index contributed by atoms with van der Waals surface area (Å²) in [6, 6.07) is 19.1. The first-order valence-electron chi connectivity index (χ1n) is 11.4. The van der Waals surface area contributed by atoms with Gasteiger partial charge in [0.05, 0.1) is 19.9 Å². The average molecular weight is 639 g/mol. The largest absolute Gasteiger partial charge is 0.468 e. The van der Waals surface area contributed by atoms with Crippen LogP contribution in [0, 0.1) is 24.7 Å². The van der Waals surface area contributed by atoms with Crippen molar-refractivity contribution in [2.45, 2.75) is 38.1 Å². The zero-order valence-electron chi connectivity index (χ0n) is 21.4. The zero-order valence-corrected chi connectivity index (χ0v) is 24.4. The molecule has 6 nitrogen and oxygen atoms in total. The zero-order chi connectivity index (χ0) is 27.0. The third-order valence-corrected chi connectivity index (χ3v) is 5.25. The molecule has 2 rings (SSSR count). The molecule has 0 radical (unpaired) electrons. The minimum absolute atomic E-state index is 0. The predicted octanol–water partition coefficient (Wildman–Crippen LogP) is 5.24. The third kappa shape index (κ3) is 18.1. The standard InChI is InChI=1S/C16H15NO2.C8H13NO2.C5H7I.ClH/c1-19-15(18)12-17-16(13-8-4-2-5-9-13)14-10-6-3-7-11-14;1-3-4-5-6-7(9)8(10)11-2;1-2-3-4-5-6;/h2-11H,12H2,1H3;1,7H,4-6,9H2,2H3;1H,3-5H2;1H. The summed E-state index contributed by atoms with van der Waals surface area (Å²) >= 11 is 2.32. The number of unbranched alkanes of at least 4 members (excludes halogenated alkanes) is 2. The summed E-state index contributed by atoms with van der Waals surface area (Å²) in [6.07, 6.45) is 14.1. The SMILES string of the molecule is C#CCCCC(N)C(=O)OC.C#CCCCI.COC(=O)CN=C(c1ccccc1)c1ccccc1.Cl. The number of halogens is 2. The molecule has 0 aromatic heterocycles. The number of alkyl halides is 1. The van der Waals surface area contributed by atoms with E-state index in [1.807, 2.05) is 60.7 Å². The number of aliphatic imine (C=N–C) groups is 1. The molecule has 2 aromatic carbocycles. The molecule has 0 amide bonds. The van der Waals surface area contributed by atoms with E-state index < -0.39 is 6.04 Å². The quantitative estimate of drug-likeness (QED) is 0.0960. The molecule has 37 heavy (non-hydrogen) atoms. The number of nitrogens with zero attached hydrogens (tertiary/aromatic N) is 1. The van der Waals surface area contributed by atoms with Crippen molar-refractivity contribution in [3.63, 3.8) is 0 Å². The van der Waals surface area contributed by atoms with Crippen LogP contribution in [0.4, 0.5) is 0 Å². The fourth-order valence-corrected chi connectivity index (χ4v) is 2.99. The van der Waals surface area contributed by atoms with Crippen molar-refractivity contribution in [1.29, 1.82) is 0 Å². The number of methoxy groups -OCH3 is 2. The summed E-state index contributed by atoms with van der Waals surface area (Å²) in [6.45, 7) is 0.0234. The van der Waals surface area contributed by atoms with Crippen LogP contribution in [0.15, 0.2) is 65.7 Å². The number of nitrogens with two attached hydrogens (primary N) is 1. The second-order valence-electron chi connectivity index (χ2n) is 7.20. The van der Waals surface area contributed by atoms with E-state index in [-0.39, 0.29) is 30.9 Å². The third-order valence-electron chi connectivity index (χ3n) is 4.48. The van der Waals surface area contributed by atoms with Crippen molar-refractivity contribution >= 4 is 52.6 Å². The van der Waals surface area contributed by atoms with Gasteiger partial charge < -0.3 is 15.2 Å². The first kappa shape index (κ1) is 36.3. The number of hydrogen-bond acceptors (Lipinski definition) is 6. The van der Waals surface area contributed by atoms with E-state index in [2.05, 4.69) is 48.9 Å². The number of hydrogen-bond donors (Lipinski definition) is 1. The molecule has 1 unspecified atom stereocenters. The van der Waals surface area contributed by atoms with E-state index in [1.165, 1.54) is 18.6 Å². The van der Waals surface area contributed by atoms with Crippen molar-refractivity contribution in [3.05, 3.63) is 71.8 Å². The maximum Gasteiger partial charge on any atom is 0.327 e. The smallest absolute Gasteiger partial charge is 0.327 e. The Morgan fingerprint density at radius 1 is 0.919 bits per heavy atom. The van der Waals surface area contributed by atoms with Crippen molar-refractivity contribution in [2.24, 2.45) is 10.7 Å². The second-order valence-corrected chi connectivity index (χ2v) is 8.27. The minimum atomic E-state index is -0.520. The Bertz CT molecular complexity index is 945. The molecule has 0 aliphatic rings. The van der Waals surface area contributed by atoms with Crippen molar-refractivity contribution in [3.8, 4) is 24.7 Å². The molecule has 0 aliphatic carbocycles. The normalized spacial score (nSPS) is 9.68. The monoisotopic (exact) mass is 638 g/mol. The summed E-state index contributed by atoms with van der Waals surface area (Å²) in [5, 5.41) is 0. The Kier molecular flexibility index (Phi) is 24.4. The van der Waals surface area contributed by atoms with Gasteiger partial charge in [-0.15, -0.1) is 37.1 Å². The molecule has 0 saturated heterocycles. The Morgan fingerprint density at radius 2 is 1.41 bits per heavy atom. The van der Waals surface area contributed by atoms with Gasteiger partial charge in [0.15, 0.2) is 0 Å². The Morgan fingerprint density at radius 3 is 1.78 bits per heavy atom. The summed E-state index contributed by atoms with van der Waals surface area (Å²) in [5.41, 5.74) is 8.19. The van der Waals surface area contributed by atoms with Crippen LogP contribution < -0.4 is 5.73 Å². The highest BCUT2D eigenvalue weighted by atomic mass is 127. The number of ether oxygens (including phenoxy) is 2. The Labute approximate surface area is 241 Å². The molecule has 0 fully saturated rings. The van der Waals surface area contributed by atoms with Gasteiger partial charge in [-0.3, -0.25) is 14.6 Å². The first-order chi connectivity index (χ1) is 17.4. The lowest BCUT2D eigenvalue weighted by Crippen LogP contribution is -2.31. The average Bonchev–Trinajstić information content (AvgIpc) is 2.93. The molecule has 1 atom stereocenters. The molecule has 0 aliphatic heterocycles. The van der Waals surface area contributed by atoms with Crippen LogP contribution in [0.2, 0.25) is 0 Å². The van der Waals surface area contributed by atoms with Gasteiger partial charge in [-0.2, -0.15) is 0 Å². The number of terminal acetylenes is 2. The van der Waals surface area contributed by atoms with Crippen molar-refractivity contribution in [1.82, 2.24) is 0 Å². The van der Waals surface area contributed by atoms with Gasteiger partial charge in [-0.1, -0.05) is 83.3 Å². The van der Waals surface area contributed by atoms with Crippen LogP contribution in [0.25, 0.3) is 0 Å². The molecular formula is C29H36ClIN2O4. The van der Waals surface area contributed by atoms with Gasteiger partial charge in [0.25, 0.3) is 0 Å². The highest BCUT2D eigenvalue weighted by Gasteiger charge is 2.11. The fraction of sp³-hybridized carbons (Fsp3) is 0.345. The molecule has 8 heteroatoms. The lowest BCUT2D eigenvalue weighted by atomic mass is 10.0. The molecule has 0 spiro atoms. The van der Waals surface area contributed by atoms with Crippen molar-refractivity contribution in [2.75, 3.05) is 25.2 Å². The van der Waals surface area contributed by atoms with E-state index in [1.54, 1.807) is 0 Å². The van der Waals surface area contributed by atoms with Crippen LogP contribution in [-0.4, -0.2) is 48.9 Å². The molecule has 0 bridgehead atoms. The lowest BCUT2D eigenvalue weighted by Gasteiger charge is -2.07. The van der Waals surface area contributed by atoms with E-state index in [0.717, 1.165) is 36.1 Å². The summed E-state index contributed by atoms with van der Waals surface area (Å²) in [4.78, 5) is 26.3. The van der Waals surface area contributed by atoms with Gasteiger partial charge in [0.1, 0.15) is 12.6 Å². The molecule has 0 heterocycles. The number of carbonyl (C=O) groups excluding carboxylic acids is 2. The highest BCUT2D eigenvalue weighted by molar-refractivity contribution is 14.1. The highest BCUT2D eigenvalue weighted by Crippen LogP contribution is 2.11. The maximum absolute atomic E-state index is 11.2. The summed E-state index contributed by atoms with van der Waals surface area (Å²) in [5.74, 6) is 4.32. The topological polar surface area (TPSA) is 91.0 Å². The number of esters is 2. The van der Waals surface area contributed by atoms with E-state index in [0.29, 0.717) is 12.8 Å². The molecule has 2 N–H and O–H groups in total. The number of benzene rings is 2. The maximum atomic E-state index is 11.2. The van der Waals surface area contributed by atoms with E-state index >= 15 is 0 Å². The van der Waals surface area contributed by atoms with Gasteiger partial charge >= 0.3 is 11.9 Å². The molecule has 0 saturated carbocycles. The van der Waals surface area contributed by atoms with Gasteiger partial charge in [0.2, 0.25) is 0 Å². The molecule has 200 valence electrons. The summed E-state index contributed by atoms with van der Waals surface area (Å²) in [7, 11) is 2.69. The van der Waals surface area contributed by atoms with Crippen LogP contribution in [0.3, 0.4) is 0 Å². The van der Waals surface area contributed by atoms with Crippen LogP contribution in [-0.2, 0) is 19.1 Å². The first-order valence-corrected chi connectivity index (χ1v) is 13.0. The minimum Gasteiger partial charge on any atom is -0.468 e. The van der Waals surface area contributed by atoms with Crippen LogP contribution in [0.5, 0.6) is 0 Å². The summed E-state index contributed by atoms with van der Waals surface area (Å²) < 4.78 is 10.2. The van der Waals surface area contributed by atoms with Gasteiger partial charge in [-0.25, -0.2) is 0 Å². The Hall–Kier alpha value is -2.85. The second kappa shape index (κ2) is 24.8. The number of rotatable bonds is 10. The molecular weight excluding hydrogens is 603 g/mol. The van der Waals surface area contributed by atoms with Crippen LogP contribution >= 0.6 is 35.0 Å².